The van der Waals surface area contributed by atoms with Gasteiger partial charge in [0.15, 0.2) is 11.7 Å². The lowest BCUT2D eigenvalue weighted by molar-refractivity contribution is -0.132. The SMILES string of the molecule is O=C(CCc1ncc(-c2ccccc2F)o1)N1CCCC1c1ccc(F)cc1. The monoisotopic (exact) mass is 382 g/mol. The lowest BCUT2D eigenvalue weighted by Crippen LogP contribution is -2.30. The standard InChI is InChI=1S/C22H20F2N2O2/c23-16-9-7-15(8-10-16)19-6-3-13-26(19)22(27)12-11-21-25-14-20(28-21)17-4-1-2-5-18(17)24/h1-2,4-5,7-10,14,19H,3,6,11-13H2. The number of amides is 1. The molecule has 28 heavy (non-hydrogen) atoms. The predicted octanol–water partition coefficient (Wildman–Crippen LogP) is 4.92. The lowest BCUT2D eigenvalue weighted by Gasteiger charge is -2.25. The van der Waals surface area contributed by atoms with Crippen molar-refractivity contribution < 1.29 is 18.0 Å². The van der Waals surface area contributed by atoms with Crippen LogP contribution < -0.4 is 0 Å². The molecule has 0 bridgehead atoms. The molecule has 1 aliphatic heterocycles. The molecule has 0 aliphatic carbocycles. The van der Waals surface area contributed by atoms with Crippen molar-refractivity contribution in [2.24, 2.45) is 0 Å². The number of oxazole rings is 1. The minimum absolute atomic E-state index is 0.0115. The summed E-state index contributed by atoms with van der Waals surface area (Å²) in [5, 5.41) is 0. The Hall–Kier alpha value is -3.02. The van der Waals surface area contributed by atoms with E-state index >= 15 is 0 Å². The van der Waals surface area contributed by atoms with E-state index in [-0.39, 0.29) is 30.0 Å². The molecular formula is C22H20F2N2O2. The number of halogens is 2. The van der Waals surface area contributed by atoms with Crippen LogP contribution in [0.2, 0.25) is 0 Å². The first kappa shape index (κ1) is 18.3. The molecule has 4 nitrogen and oxygen atoms in total. The molecule has 1 aliphatic rings. The van der Waals surface area contributed by atoms with E-state index < -0.39 is 0 Å². The molecule has 4 rings (SSSR count). The molecule has 1 amide bonds. The maximum absolute atomic E-state index is 13.9. The van der Waals surface area contributed by atoms with Crippen LogP contribution in [0.3, 0.4) is 0 Å². The second-order valence-electron chi connectivity index (χ2n) is 6.89. The van der Waals surface area contributed by atoms with Crippen LogP contribution in [0.15, 0.2) is 59.1 Å². The highest BCUT2D eigenvalue weighted by Crippen LogP contribution is 2.32. The van der Waals surface area contributed by atoms with Crippen molar-refractivity contribution in [1.29, 1.82) is 0 Å². The minimum atomic E-state index is -0.375. The number of carbonyl (C=O) groups is 1. The maximum atomic E-state index is 13.9. The number of likely N-dealkylation sites (tertiary alicyclic amines) is 1. The van der Waals surface area contributed by atoms with Gasteiger partial charge in [0.25, 0.3) is 0 Å². The van der Waals surface area contributed by atoms with Gasteiger partial charge in [0.05, 0.1) is 17.8 Å². The van der Waals surface area contributed by atoms with Crippen molar-refractivity contribution in [3.63, 3.8) is 0 Å². The third-order valence-corrected chi connectivity index (χ3v) is 5.07. The number of hydrogen-bond donors (Lipinski definition) is 0. The Morgan fingerprint density at radius 3 is 2.71 bits per heavy atom. The molecule has 6 heteroatoms. The second-order valence-corrected chi connectivity index (χ2v) is 6.89. The first-order chi connectivity index (χ1) is 13.6. The summed E-state index contributed by atoms with van der Waals surface area (Å²) in [5.74, 6) is 0.113. The number of nitrogens with zero attached hydrogens (tertiary/aromatic N) is 2. The fourth-order valence-electron chi connectivity index (χ4n) is 3.67. The van der Waals surface area contributed by atoms with E-state index in [1.54, 1.807) is 30.3 Å². The van der Waals surface area contributed by atoms with Crippen molar-refractivity contribution in [3.05, 3.63) is 77.8 Å². The van der Waals surface area contributed by atoms with Crippen LogP contribution in [0.1, 0.15) is 36.8 Å². The summed E-state index contributed by atoms with van der Waals surface area (Å²) in [4.78, 5) is 18.7. The molecular weight excluding hydrogens is 362 g/mol. The quantitative estimate of drug-likeness (QED) is 0.629. The molecule has 0 N–H and O–H groups in total. The highest BCUT2D eigenvalue weighted by molar-refractivity contribution is 5.77. The van der Waals surface area contributed by atoms with Crippen molar-refractivity contribution in [3.8, 4) is 11.3 Å². The summed E-state index contributed by atoms with van der Waals surface area (Å²) >= 11 is 0. The molecule has 1 saturated heterocycles. The number of benzene rings is 2. The van der Waals surface area contributed by atoms with Crippen LogP contribution in [0.5, 0.6) is 0 Å². The van der Waals surface area contributed by atoms with Gasteiger partial charge in [-0.05, 0) is 42.7 Å². The molecule has 2 heterocycles. The van der Waals surface area contributed by atoms with Crippen LogP contribution in [0, 0.1) is 11.6 Å². The van der Waals surface area contributed by atoms with Crippen molar-refractivity contribution in [1.82, 2.24) is 9.88 Å². The van der Waals surface area contributed by atoms with Gasteiger partial charge >= 0.3 is 0 Å². The number of carbonyl (C=O) groups excluding carboxylic acids is 1. The lowest BCUT2D eigenvalue weighted by atomic mass is 10.0. The molecule has 144 valence electrons. The Kier molecular flexibility index (Phi) is 5.19. The van der Waals surface area contributed by atoms with E-state index in [4.69, 9.17) is 4.42 Å². The third kappa shape index (κ3) is 3.81. The first-order valence-electron chi connectivity index (χ1n) is 9.36. The second kappa shape index (κ2) is 7.92. The zero-order chi connectivity index (χ0) is 19.5. The smallest absolute Gasteiger partial charge is 0.223 e. The zero-order valence-electron chi connectivity index (χ0n) is 15.3. The van der Waals surface area contributed by atoms with Gasteiger partial charge in [0, 0.05) is 19.4 Å². The zero-order valence-corrected chi connectivity index (χ0v) is 15.3. The summed E-state index contributed by atoms with van der Waals surface area (Å²) in [5.41, 5.74) is 1.30. The van der Waals surface area contributed by atoms with E-state index in [0.29, 0.717) is 30.2 Å². The van der Waals surface area contributed by atoms with Gasteiger partial charge in [0.2, 0.25) is 5.91 Å². The number of aryl methyl sites for hydroxylation is 1. The Balaban J connectivity index is 1.40. The normalized spacial score (nSPS) is 16.5. The van der Waals surface area contributed by atoms with Crippen molar-refractivity contribution >= 4 is 5.91 Å². The fraction of sp³-hybridized carbons (Fsp3) is 0.273. The van der Waals surface area contributed by atoms with Gasteiger partial charge in [-0.3, -0.25) is 4.79 Å². The Morgan fingerprint density at radius 1 is 1.14 bits per heavy atom. The minimum Gasteiger partial charge on any atom is -0.441 e. The summed E-state index contributed by atoms with van der Waals surface area (Å²) in [6.45, 7) is 0.687. The van der Waals surface area contributed by atoms with Gasteiger partial charge in [-0.1, -0.05) is 24.3 Å². The van der Waals surface area contributed by atoms with E-state index in [2.05, 4.69) is 4.98 Å². The topological polar surface area (TPSA) is 46.3 Å². The van der Waals surface area contributed by atoms with E-state index in [1.165, 1.54) is 24.4 Å². The van der Waals surface area contributed by atoms with Crippen LogP contribution in [-0.2, 0) is 11.2 Å². The van der Waals surface area contributed by atoms with Crippen LogP contribution in [-0.4, -0.2) is 22.3 Å². The number of rotatable bonds is 5. The highest BCUT2D eigenvalue weighted by atomic mass is 19.1. The largest absolute Gasteiger partial charge is 0.441 e. The Bertz CT molecular complexity index is 969. The molecule has 1 fully saturated rings. The molecule has 0 spiro atoms. The van der Waals surface area contributed by atoms with Gasteiger partial charge in [0.1, 0.15) is 11.6 Å². The van der Waals surface area contributed by atoms with Gasteiger partial charge in [-0.15, -0.1) is 0 Å². The highest BCUT2D eigenvalue weighted by Gasteiger charge is 2.29. The first-order valence-corrected chi connectivity index (χ1v) is 9.36. The van der Waals surface area contributed by atoms with Crippen molar-refractivity contribution in [2.45, 2.75) is 31.7 Å². The van der Waals surface area contributed by atoms with Crippen molar-refractivity contribution in [2.75, 3.05) is 6.54 Å². The molecule has 0 radical (unpaired) electrons. The summed E-state index contributed by atoms with van der Waals surface area (Å²) in [6, 6.07) is 12.6. The van der Waals surface area contributed by atoms with E-state index in [0.717, 1.165) is 18.4 Å². The fourth-order valence-corrected chi connectivity index (χ4v) is 3.67. The predicted molar refractivity (Wildman–Crippen MR) is 100 cm³/mol. The van der Waals surface area contributed by atoms with Crippen LogP contribution in [0.25, 0.3) is 11.3 Å². The maximum Gasteiger partial charge on any atom is 0.223 e. The molecule has 1 atom stereocenters. The average molecular weight is 382 g/mol. The van der Waals surface area contributed by atoms with E-state index in [9.17, 15) is 13.6 Å². The van der Waals surface area contributed by atoms with Gasteiger partial charge in [-0.2, -0.15) is 0 Å². The summed E-state index contributed by atoms with van der Waals surface area (Å²) in [7, 11) is 0. The number of hydrogen-bond acceptors (Lipinski definition) is 3. The molecule has 3 aromatic rings. The number of aromatic nitrogens is 1. The molecule has 0 saturated carbocycles. The Morgan fingerprint density at radius 2 is 1.93 bits per heavy atom. The summed E-state index contributed by atoms with van der Waals surface area (Å²) in [6.07, 6.45) is 3.88. The summed E-state index contributed by atoms with van der Waals surface area (Å²) < 4.78 is 32.7. The Labute approximate surface area is 161 Å². The van der Waals surface area contributed by atoms with Crippen LogP contribution >= 0.6 is 0 Å². The molecule has 1 unspecified atom stereocenters. The van der Waals surface area contributed by atoms with Crippen LogP contribution in [0.4, 0.5) is 8.78 Å². The third-order valence-electron chi connectivity index (χ3n) is 5.07. The molecule has 2 aromatic carbocycles. The van der Waals surface area contributed by atoms with E-state index in [1.807, 2.05) is 4.90 Å². The van der Waals surface area contributed by atoms with Gasteiger partial charge in [-0.25, -0.2) is 13.8 Å². The average Bonchev–Trinajstić information content (AvgIpc) is 3.37. The molecule has 1 aromatic heterocycles. The van der Waals surface area contributed by atoms with Gasteiger partial charge < -0.3 is 9.32 Å².